The van der Waals surface area contributed by atoms with E-state index in [0.717, 1.165) is 12.1 Å². The molecule has 236 valence electrons. The number of aromatic nitrogens is 2. The van der Waals surface area contributed by atoms with Crippen molar-refractivity contribution in [3.8, 4) is 5.75 Å². The van der Waals surface area contributed by atoms with Gasteiger partial charge in [0, 0.05) is 33.6 Å². The number of sulfone groups is 1. The minimum atomic E-state index is -3.94. The predicted octanol–water partition coefficient (Wildman–Crippen LogP) is 4.25. The minimum absolute atomic E-state index is 0.0263. The van der Waals surface area contributed by atoms with Crippen LogP contribution < -0.4 is 20.3 Å². The zero-order valence-electron chi connectivity index (χ0n) is 25.0. The lowest BCUT2D eigenvalue weighted by Gasteiger charge is -2.25. The van der Waals surface area contributed by atoms with E-state index in [2.05, 4.69) is 20.6 Å². The molecular weight excluding hydrogens is 591 g/mol. The Bertz CT molecular complexity index is 1560. The summed E-state index contributed by atoms with van der Waals surface area (Å²) in [5.41, 5.74) is 0.873. The Morgan fingerprint density at radius 2 is 1.68 bits per heavy atom. The molecule has 4 rings (SSSR count). The van der Waals surface area contributed by atoms with Crippen LogP contribution in [0, 0.1) is 11.7 Å². The number of nitrogens with one attached hydrogen (secondary N) is 2. The lowest BCUT2D eigenvalue weighted by atomic mass is 10.1. The van der Waals surface area contributed by atoms with Crippen LogP contribution in [0.15, 0.2) is 59.6 Å². The van der Waals surface area contributed by atoms with Gasteiger partial charge in [-0.2, -0.15) is 4.98 Å². The van der Waals surface area contributed by atoms with Crippen LogP contribution in [0.5, 0.6) is 5.75 Å². The summed E-state index contributed by atoms with van der Waals surface area (Å²) in [5, 5.41) is 15.1. The molecular formula is C30H37FN6O6S. The van der Waals surface area contributed by atoms with Gasteiger partial charge in [-0.3, -0.25) is 0 Å². The number of halogens is 1. The summed E-state index contributed by atoms with van der Waals surface area (Å²) in [6, 6.07) is 9.98. The number of carboxylic acids is 1. The highest BCUT2D eigenvalue weighted by molar-refractivity contribution is 7.92. The van der Waals surface area contributed by atoms with Crippen molar-refractivity contribution in [3.05, 3.63) is 66.1 Å². The first-order valence-electron chi connectivity index (χ1n) is 14.3. The van der Waals surface area contributed by atoms with Crippen LogP contribution in [0.25, 0.3) is 0 Å². The first kappa shape index (κ1) is 32.5. The first-order valence-corrected chi connectivity index (χ1v) is 15.8. The van der Waals surface area contributed by atoms with E-state index in [4.69, 9.17) is 4.74 Å². The maximum absolute atomic E-state index is 13.6. The van der Waals surface area contributed by atoms with Crippen molar-refractivity contribution >= 4 is 39.4 Å². The van der Waals surface area contributed by atoms with Crippen molar-refractivity contribution < 1.29 is 32.2 Å². The average Bonchev–Trinajstić information content (AvgIpc) is 3.83. The van der Waals surface area contributed by atoms with E-state index in [-0.39, 0.29) is 28.7 Å². The molecule has 3 aromatic rings. The Kier molecular flexibility index (Phi) is 10.2. The van der Waals surface area contributed by atoms with E-state index >= 15 is 0 Å². The van der Waals surface area contributed by atoms with Crippen LogP contribution in [0.3, 0.4) is 0 Å². The molecule has 1 aromatic heterocycles. The molecule has 1 aliphatic rings. The molecule has 2 unspecified atom stereocenters. The molecule has 0 spiro atoms. The fraction of sp³-hybridized carbons (Fsp3) is 0.400. The smallest absolute Gasteiger partial charge is 0.414 e. The summed E-state index contributed by atoms with van der Waals surface area (Å²) in [7, 11) is -0.819. The zero-order chi connectivity index (χ0) is 32.0. The molecule has 44 heavy (non-hydrogen) atoms. The third-order valence-electron chi connectivity index (χ3n) is 7.19. The number of aliphatic carboxylic acids is 1. The van der Waals surface area contributed by atoms with Gasteiger partial charge in [0.25, 0.3) is 0 Å². The highest BCUT2D eigenvalue weighted by Crippen LogP contribution is 2.40. The summed E-state index contributed by atoms with van der Waals surface area (Å²) in [6.07, 6.45) is 2.31. The van der Waals surface area contributed by atoms with Gasteiger partial charge in [-0.1, -0.05) is 12.1 Å². The molecule has 0 saturated heterocycles. The number of hydrogen-bond donors (Lipinski definition) is 3. The average molecular weight is 629 g/mol. The molecule has 3 N–H and O–H groups in total. The summed E-state index contributed by atoms with van der Waals surface area (Å²) in [5.74, 6) is -1.10. The van der Waals surface area contributed by atoms with Crippen LogP contribution >= 0.6 is 0 Å². The number of ether oxygens (including phenoxy) is 1. The van der Waals surface area contributed by atoms with Gasteiger partial charge < -0.3 is 30.3 Å². The Balaban J connectivity index is 1.64. The molecule has 12 nitrogen and oxygen atoms in total. The maximum Gasteiger partial charge on any atom is 0.414 e. The van der Waals surface area contributed by atoms with Crippen molar-refractivity contribution in [2.45, 2.75) is 49.4 Å². The number of benzene rings is 2. The second kappa shape index (κ2) is 13.9. The van der Waals surface area contributed by atoms with E-state index in [1.54, 1.807) is 38.4 Å². The van der Waals surface area contributed by atoms with E-state index in [0.29, 0.717) is 43.2 Å². The Hall–Kier alpha value is -4.46. The van der Waals surface area contributed by atoms with Gasteiger partial charge in [0.15, 0.2) is 15.7 Å². The van der Waals surface area contributed by atoms with E-state index < -0.39 is 39.1 Å². The molecule has 1 heterocycles. The topological polar surface area (TPSA) is 154 Å². The molecule has 2 atom stereocenters. The summed E-state index contributed by atoms with van der Waals surface area (Å²) < 4.78 is 46.0. The molecule has 2 aromatic carbocycles. The number of anilines is 3. The van der Waals surface area contributed by atoms with Gasteiger partial charge in [-0.15, -0.1) is 0 Å². The Morgan fingerprint density at radius 1 is 1.05 bits per heavy atom. The van der Waals surface area contributed by atoms with Crippen LogP contribution in [-0.4, -0.2) is 79.1 Å². The summed E-state index contributed by atoms with van der Waals surface area (Å²) in [4.78, 5) is 36.4. The Morgan fingerprint density at radius 3 is 2.23 bits per heavy atom. The number of hydrogen-bond acceptors (Lipinski definition) is 10. The monoisotopic (exact) mass is 628 g/mol. The van der Waals surface area contributed by atoms with Gasteiger partial charge >= 0.3 is 12.1 Å². The van der Waals surface area contributed by atoms with E-state index in [1.165, 1.54) is 23.2 Å². The third kappa shape index (κ3) is 7.92. The van der Waals surface area contributed by atoms with Crippen LogP contribution in [-0.2, 0) is 21.1 Å². The highest BCUT2D eigenvalue weighted by Gasteiger charge is 2.41. The normalized spacial score (nSPS) is 14.3. The molecule has 0 radical (unpaired) electrons. The fourth-order valence-electron chi connectivity index (χ4n) is 4.51. The molecule has 1 aliphatic carbocycles. The van der Waals surface area contributed by atoms with Crippen molar-refractivity contribution in [2.75, 3.05) is 42.7 Å². The number of nitrogens with zero attached hydrogens (tertiary/aromatic N) is 4. The van der Waals surface area contributed by atoms with Crippen molar-refractivity contribution in [1.29, 1.82) is 0 Å². The van der Waals surface area contributed by atoms with Gasteiger partial charge in [0.1, 0.15) is 23.0 Å². The molecule has 1 fully saturated rings. The largest absolute Gasteiger partial charge is 0.480 e. The SMILES string of the molecule is CCN(CC)c1ncc(NC(C2CC2)S(=O)(=O)c2ccc(F)cc2)c(NC(Cc2ccc(OC(=O)N(C)C)cc2)C(=O)O)n1. The standard InChI is InChI=1S/C30H37FN6O6S/c1-5-37(6-2)29-32-18-25(34-27(20-9-10-20)44(41,42)23-15-11-21(31)12-16-23)26(35-29)33-24(28(38)39)17-19-7-13-22(14-8-19)43-30(40)36(3)4/h7-8,11-16,18,20,24,27,34H,5-6,9-10,17H2,1-4H3,(H,38,39)(H,32,33,35). The predicted molar refractivity (Wildman–Crippen MR) is 164 cm³/mol. The molecule has 1 amide bonds. The van der Waals surface area contributed by atoms with Gasteiger partial charge in [0.05, 0.1) is 16.8 Å². The number of amides is 1. The number of carbonyl (C=O) groups excluding carboxylic acids is 1. The zero-order valence-corrected chi connectivity index (χ0v) is 25.8. The number of carboxylic acid groups (broad SMARTS) is 1. The number of rotatable bonds is 14. The van der Waals surface area contributed by atoms with E-state index in [1.807, 2.05) is 18.7 Å². The third-order valence-corrected chi connectivity index (χ3v) is 9.29. The lowest BCUT2D eigenvalue weighted by Crippen LogP contribution is -2.35. The summed E-state index contributed by atoms with van der Waals surface area (Å²) >= 11 is 0. The van der Waals surface area contributed by atoms with Crippen molar-refractivity contribution in [2.24, 2.45) is 5.92 Å². The summed E-state index contributed by atoms with van der Waals surface area (Å²) in [6.45, 7) is 5.06. The van der Waals surface area contributed by atoms with Gasteiger partial charge in [-0.25, -0.2) is 27.4 Å². The number of carbonyl (C=O) groups is 2. The maximum atomic E-state index is 13.6. The van der Waals surface area contributed by atoms with Gasteiger partial charge in [0.2, 0.25) is 5.95 Å². The minimum Gasteiger partial charge on any atom is -0.480 e. The highest BCUT2D eigenvalue weighted by atomic mass is 32.2. The molecule has 1 saturated carbocycles. The quantitative estimate of drug-likeness (QED) is 0.220. The Labute approximate surface area is 256 Å². The molecule has 0 bridgehead atoms. The van der Waals surface area contributed by atoms with Crippen molar-refractivity contribution in [1.82, 2.24) is 14.9 Å². The van der Waals surface area contributed by atoms with Crippen LogP contribution in [0.2, 0.25) is 0 Å². The van der Waals surface area contributed by atoms with Gasteiger partial charge in [-0.05, 0) is 74.6 Å². The van der Waals surface area contributed by atoms with Crippen molar-refractivity contribution in [3.63, 3.8) is 0 Å². The molecule has 0 aliphatic heterocycles. The second-order valence-corrected chi connectivity index (χ2v) is 12.7. The van der Waals surface area contributed by atoms with Crippen LogP contribution in [0.1, 0.15) is 32.3 Å². The fourth-order valence-corrected chi connectivity index (χ4v) is 6.38. The van der Waals surface area contributed by atoms with E-state index in [9.17, 15) is 27.5 Å². The van der Waals surface area contributed by atoms with Crippen LogP contribution in [0.4, 0.5) is 26.6 Å². The molecule has 14 heteroatoms. The lowest BCUT2D eigenvalue weighted by molar-refractivity contribution is -0.137. The second-order valence-electron chi connectivity index (χ2n) is 10.7. The first-order chi connectivity index (χ1) is 20.9.